The molecule has 0 radical (unpaired) electrons. The first-order valence-corrected chi connectivity index (χ1v) is 6.97. The van der Waals surface area contributed by atoms with Gasteiger partial charge in [-0.25, -0.2) is 9.97 Å². The normalized spacial score (nSPS) is 10.2. The monoisotopic (exact) mass is 312 g/mol. The van der Waals surface area contributed by atoms with Crippen LogP contribution < -0.4 is 16.0 Å². The van der Waals surface area contributed by atoms with Crippen molar-refractivity contribution in [2.75, 3.05) is 10.4 Å². The van der Waals surface area contributed by atoms with Gasteiger partial charge in [-0.3, -0.25) is 10.4 Å². The smallest absolute Gasteiger partial charge is 0.243 e. The minimum atomic E-state index is 0.130. The maximum absolute atomic E-state index is 5.75. The Hall–Kier alpha value is -2.70. The van der Waals surface area contributed by atoms with E-state index in [9.17, 15) is 0 Å². The number of nitrogens with zero attached hydrogens (tertiary/aromatic N) is 4. The van der Waals surface area contributed by atoms with Crippen LogP contribution in [0.1, 0.15) is 0 Å². The molecule has 3 rings (SSSR count). The highest BCUT2D eigenvalue weighted by Crippen LogP contribution is 2.22. The third-order valence-electron chi connectivity index (χ3n) is 2.85. The Morgan fingerprint density at radius 2 is 1.41 bits per heavy atom. The second-order valence-corrected chi connectivity index (χ2v) is 4.66. The summed E-state index contributed by atoms with van der Waals surface area (Å²) in [7, 11) is 0. The Morgan fingerprint density at radius 3 is 1.95 bits per heavy atom. The summed E-state index contributed by atoms with van der Waals surface area (Å²) >= 11 is 5.75. The molecule has 0 saturated heterocycles. The number of hydrogen-bond donors (Lipinski definition) is 2. The molecule has 1 heterocycles. The van der Waals surface area contributed by atoms with E-state index in [1.165, 1.54) is 6.33 Å². The Balaban J connectivity index is 1.83. The van der Waals surface area contributed by atoms with Crippen LogP contribution in [0.2, 0.25) is 5.28 Å². The van der Waals surface area contributed by atoms with Crippen molar-refractivity contribution in [3.63, 3.8) is 0 Å². The van der Waals surface area contributed by atoms with E-state index in [1.807, 2.05) is 65.7 Å². The zero-order valence-electron chi connectivity index (χ0n) is 11.5. The lowest BCUT2D eigenvalue weighted by Crippen LogP contribution is -2.39. The second-order valence-electron chi connectivity index (χ2n) is 4.32. The summed E-state index contributed by atoms with van der Waals surface area (Å²) in [5, 5.41) is 2.00. The van der Waals surface area contributed by atoms with Gasteiger partial charge < -0.3 is 0 Å². The summed E-state index contributed by atoms with van der Waals surface area (Å²) in [4.78, 5) is 11.7. The number of benzene rings is 2. The average Bonchev–Trinajstić information content (AvgIpc) is 2.57. The predicted octanol–water partition coefficient (Wildman–Crippen LogP) is 3.19. The fraction of sp³-hybridized carbons (Fsp3) is 0. The molecule has 0 spiro atoms. The molecule has 0 unspecified atom stereocenters. The minimum absolute atomic E-state index is 0.130. The fourth-order valence-corrected chi connectivity index (χ4v) is 2.00. The van der Waals surface area contributed by atoms with E-state index in [1.54, 1.807) is 0 Å². The standard InChI is InChI=1S/C15H13ClN6/c16-14-17-11-18-15(19-14)20-21-22(12-7-3-1-4-8-12)13-9-5-2-6-10-13/h1-11,21H,(H,17,18,19,20). The topological polar surface area (TPSA) is 66.0 Å². The number of hydrogen-bond acceptors (Lipinski definition) is 6. The molecule has 0 bridgehead atoms. The van der Waals surface area contributed by atoms with Crippen LogP contribution in [0.5, 0.6) is 0 Å². The van der Waals surface area contributed by atoms with Gasteiger partial charge in [-0.15, -0.1) is 5.53 Å². The molecule has 3 aromatic rings. The highest BCUT2D eigenvalue weighted by molar-refractivity contribution is 6.28. The molecular weight excluding hydrogens is 300 g/mol. The number of aromatic nitrogens is 3. The first-order valence-electron chi connectivity index (χ1n) is 6.59. The molecule has 2 N–H and O–H groups in total. The quantitative estimate of drug-likeness (QED) is 0.705. The Bertz CT molecular complexity index is 683. The molecule has 110 valence electrons. The van der Waals surface area contributed by atoms with Crippen LogP contribution in [0.15, 0.2) is 67.0 Å². The molecule has 0 amide bonds. The average molecular weight is 313 g/mol. The highest BCUT2D eigenvalue weighted by Gasteiger charge is 2.08. The number of para-hydroxylation sites is 2. The zero-order valence-corrected chi connectivity index (χ0v) is 12.3. The van der Waals surface area contributed by atoms with Gasteiger partial charge in [0.25, 0.3) is 0 Å². The van der Waals surface area contributed by atoms with Gasteiger partial charge in [-0.05, 0) is 35.9 Å². The first-order chi connectivity index (χ1) is 10.8. The summed E-state index contributed by atoms with van der Waals surface area (Å²) in [5.74, 6) is 0.330. The third kappa shape index (κ3) is 3.49. The largest absolute Gasteiger partial charge is 0.271 e. The molecule has 0 aliphatic heterocycles. The first kappa shape index (κ1) is 14.2. The molecule has 0 atom stereocenters. The van der Waals surface area contributed by atoms with Crippen LogP contribution in [0.3, 0.4) is 0 Å². The predicted molar refractivity (Wildman–Crippen MR) is 86.6 cm³/mol. The van der Waals surface area contributed by atoms with E-state index >= 15 is 0 Å². The molecule has 6 nitrogen and oxygen atoms in total. The summed E-state index contributed by atoms with van der Waals surface area (Å²) in [6.45, 7) is 0. The van der Waals surface area contributed by atoms with E-state index in [0.717, 1.165) is 11.4 Å². The SMILES string of the molecule is Clc1ncnc(NNN(c2ccccc2)c2ccccc2)n1. The lowest BCUT2D eigenvalue weighted by molar-refractivity contribution is 0.797. The molecule has 7 heteroatoms. The van der Waals surface area contributed by atoms with Crippen LogP contribution in [0.4, 0.5) is 17.3 Å². The lowest BCUT2D eigenvalue weighted by Gasteiger charge is -2.25. The zero-order chi connectivity index (χ0) is 15.2. The molecule has 0 fully saturated rings. The van der Waals surface area contributed by atoms with Gasteiger partial charge in [-0.2, -0.15) is 4.98 Å². The molecule has 2 aromatic carbocycles. The van der Waals surface area contributed by atoms with E-state index < -0.39 is 0 Å². The Kier molecular flexibility index (Phi) is 4.43. The number of hydrazine groups is 2. The number of anilines is 3. The highest BCUT2D eigenvalue weighted by atomic mass is 35.5. The van der Waals surface area contributed by atoms with Crippen molar-refractivity contribution in [2.45, 2.75) is 0 Å². The lowest BCUT2D eigenvalue weighted by atomic mass is 10.2. The van der Waals surface area contributed by atoms with Crippen molar-refractivity contribution in [1.82, 2.24) is 20.5 Å². The van der Waals surface area contributed by atoms with Gasteiger partial charge >= 0.3 is 0 Å². The van der Waals surface area contributed by atoms with Gasteiger partial charge in [0.15, 0.2) is 0 Å². The van der Waals surface area contributed by atoms with E-state index in [2.05, 4.69) is 25.9 Å². The maximum atomic E-state index is 5.75. The fourth-order valence-electron chi connectivity index (χ4n) is 1.87. The number of nitrogens with one attached hydrogen (secondary N) is 2. The van der Waals surface area contributed by atoms with Crippen LogP contribution >= 0.6 is 11.6 Å². The van der Waals surface area contributed by atoms with E-state index in [-0.39, 0.29) is 5.28 Å². The van der Waals surface area contributed by atoms with E-state index in [0.29, 0.717) is 5.95 Å². The van der Waals surface area contributed by atoms with Gasteiger partial charge in [0, 0.05) is 0 Å². The molecule has 1 aromatic heterocycles. The molecular formula is C15H13ClN6. The van der Waals surface area contributed by atoms with Gasteiger partial charge in [0.1, 0.15) is 6.33 Å². The van der Waals surface area contributed by atoms with Crippen LogP contribution in [0, 0.1) is 0 Å². The van der Waals surface area contributed by atoms with Crippen molar-refractivity contribution in [1.29, 1.82) is 0 Å². The van der Waals surface area contributed by atoms with Gasteiger partial charge in [0.05, 0.1) is 11.4 Å². The Labute approximate surface area is 132 Å². The summed E-state index contributed by atoms with van der Waals surface area (Å²) in [5.41, 5.74) is 7.90. The third-order valence-corrected chi connectivity index (χ3v) is 3.03. The van der Waals surface area contributed by atoms with Crippen molar-refractivity contribution in [3.05, 3.63) is 72.3 Å². The van der Waals surface area contributed by atoms with Crippen molar-refractivity contribution < 1.29 is 0 Å². The summed E-state index contributed by atoms with van der Waals surface area (Å²) in [6.07, 6.45) is 1.34. The van der Waals surface area contributed by atoms with Crippen LogP contribution in [0.25, 0.3) is 0 Å². The van der Waals surface area contributed by atoms with Gasteiger partial charge in [0.2, 0.25) is 11.2 Å². The van der Waals surface area contributed by atoms with E-state index in [4.69, 9.17) is 11.6 Å². The number of rotatable bonds is 5. The summed E-state index contributed by atoms with van der Waals surface area (Å²) < 4.78 is 0. The van der Waals surface area contributed by atoms with Gasteiger partial charge in [-0.1, -0.05) is 36.4 Å². The van der Waals surface area contributed by atoms with Crippen LogP contribution in [-0.4, -0.2) is 15.0 Å². The molecule has 22 heavy (non-hydrogen) atoms. The maximum Gasteiger partial charge on any atom is 0.243 e. The second kappa shape index (κ2) is 6.84. The molecule has 0 aliphatic carbocycles. The van der Waals surface area contributed by atoms with Crippen LogP contribution in [-0.2, 0) is 0 Å². The van der Waals surface area contributed by atoms with Crippen molar-refractivity contribution in [2.24, 2.45) is 0 Å². The molecule has 0 aliphatic rings. The molecule has 0 saturated carbocycles. The summed E-state index contributed by atoms with van der Waals surface area (Å²) in [6, 6.07) is 19.7. The van der Waals surface area contributed by atoms with Crippen molar-refractivity contribution >= 4 is 28.9 Å². The Morgan fingerprint density at radius 1 is 0.818 bits per heavy atom. The number of halogens is 1. The minimum Gasteiger partial charge on any atom is -0.271 e. The van der Waals surface area contributed by atoms with Crippen molar-refractivity contribution in [3.8, 4) is 0 Å².